The molecular weight excluding hydrogens is 538 g/mol. The SMILES string of the molecule is Oc1c(C2(C(F)(F)F)NCCN2)cc2ccccc2c1-c1c(O)c(C2(C(F)(F)F)NCCN2)cc2ccccc12. The highest BCUT2D eigenvalue weighted by Gasteiger charge is 2.60. The van der Waals surface area contributed by atoms with Gasteiger partial charge in [-0.05, 0) is 33.7 Å². The molecule has 0 bridgehead atoms. The van der Waals surface area contributed by atoms with Gasteiger partial charge in [-0.3, -0.25) is 21.3 Å². The second-order valence-electron chi connectivity index (χ2n) is 9.94. The van der Waals surface area contributed by atoms with Crippen LogP contribution in [0.4, 0.5) is 26.3 Å². The van der Waals surface area contributed by atoms with Crippen LogP contribution < -0.4 is 21.3 Å². The topological polar surface area (TPSA) is 88.6 Å². The van der Waals surface area contributed by atoms with Crippen molar-refractivity contribution in [2.45, 2.75) is 23.7 Å². The Hall–Kier alpha value is -3.58. The molecule has 6 N–H and O–H groups in total. The number of nitrogens with one attached hydrogen (secondary N) is 4. The lowest BCUT2D eigenvalue weighted by atomic mass is 9.84. The zero-order valence-corrected chi connectivity index (χ0v) is 20.8. The van der Waals surface area contributed by atoms with Crippen LogP contribution in [0, 0.1) is 0 Å². The van der Waals surface area contributed by atoms with E-state index in [0.717, 1.165) is 0 Å². The van der Waals surface area contributed by atoms with Crippen LogP contribution in [0.2, 0.25) is 0 Å². The van der Waals surface area contributed by atoms with Crippen LogP contribution >= 0.6 is 0 Å². The summed E-state index contributed by atoms with van der Waals surface area (Å²) >= 11 is 0. The van der Waals surface area contributed by atoms with Gasteiger partial charge in [-0.25, -0.2) is 0 Å². The van der Waals surface area contributed by atoms with Crippen molar-refractivity contribution >= 4 is 21.5 Å². The Bertz CT molecular complexity index is 1500. The molecule has 6 rings (SSSR count). The lowest BCUT2D eigenvalue weighted by molar-refractivity contribution is -0.204. The number of hydrogen-bond acceptors (Lipinski definition) is 6. The van der Waals surface area contributed by atoms with Gasteiger partial charge in [0, 0.05) is 48.4 Å². The Morgan fingerprint density at radius 3 is 1.20 bits per heavy atom. The number of halogens is 6. The van der Waals surface area contributed by atoms with Gasteiger partial charge < -0.3 is 10.2 Å². The number of phenolic OH excluding ortho intramolecular Hbond substituents is 2. The van der Waals surface area contributed by atoms with E-state index in [1.165, 1.54) is 24.3 Å². The Balaban J connectivity index is 1.77. The Kier molecular flexibility index (Phi) is 5.97. The predicted octanol–water partition coefficient (Wildman–Crippen LogP) is 4.89. The van der Waals surface area contributed by atoms with Crippen LogP contribution in [0.5, 0.6) is 11.5 Å². The predicted molar refractivity (Wildman–Crippen MR) is 138 cm³/mol. The average molecular weight is 563 g/mol. The lowest BCUT2D eigenvalue weighted by Crippen LogP contribution is -2.57. The van der Waals surface area contributed by atoms with Gasteiger partial charge in [0.1, 0.15) is 11.5 Å². The van der Waals surface area contributed by atoms with E-state index < -0.39 is 46.3 Å². The summed E-state index contributed by atoms with van der Waals surface area (Å²) in [7, 11) is 0. The number of hydrogen-bond donors (Lipinski definition) is 6. The fourth-order valence-corrected chi connectivity index (χ4v) is 5.96. The quantitative estimate of drug-likeness (QED) is 0.200. The average Bonchev–Trinajstić information content (AvgIpc) is 3.60. The van der Waals surface area contributed by atoms with Crippen molar-refractivity contribution in [1.29, 1.82) is 0 Å². The molecule has 4 aromatic rings. The summed E-state index contributed by atoms with van der Waals surface area (Å²) in [6.45, 7) is -0.182. The van der Waals surface area contributed by atoms with Gasteiger partial charge in [0.25, 0.3) is 0 Å². The van der Waals surface area contributed by atoms with E-state index in [1.54, 1.807) is 36.4 Å². The molecule has 0 amide bonds. The maximum Gasteiger partial charge on any atom is 0.424 e. The molecular formula is C28H24F6N4O2. The standard InChI is InChI=1S/C28H24F6N4O2/c29-27(30,31)25(35-9-10-36-25)19-13-15-5-1-3-7-17(15)21(23(19)39)22-18-8-4-2-6-16(18)14-20(24(22)40)26(28(32,33)34)37-11-12-38-26/h1-8,13-14,35-40H,9-12H2. The molecule has 12 heteroatoms. The summed E-state index contributed by atoms with van der Waals surface area (Å²) in [5.41, 5.74) is -7.16. The maximum absolute atomic E-state index is 14.6. The van der Waals surface area contributed by atoms with Crippen molar-refractivity contribution in [3.05, 3.63) is 71.8 Å². The first-order valence-corrected chi connectivity index (χ1v) is 12.6. The molecule has 210 valence electrons. The van der Waals surface area contributed by atoms with Crippen LogP contribution in [0.1, 0.15) is 11.1 Å². The highest BCUT2D eigenvalue weighted by Crippen LogP contribution is 2.54. The molecule has 0 atom stereocenters. The summed E-state index contributed by atoms with van der Waals surface area (Å²) in [5, 5.41) is 34.1. The Morgan fingerprint density at radius 2 is 0.875 bits per heavy atom. The van der Waals surface area contributed by atoms with Gasteiger partial charge in [0.05, 0.1) is 0 Å². The zero-order chi connectivity index (χ0) is 28.5. The van der Waals surface area contributed by atoms with E-state index in [-0.39, 0.29) is 48.1 Å². The smallest absolute Gasteiger partial charge is 0.424 e. The van der Waals surface area contributed by atoms with Gasteiger partial charge >= 0.3 is 12.4 Å². The minimum absolute atomic E-state index is 0.0454. The molecule has 0 saturated carbocycles. The summed E-state index contributed by atoms with van der Waals surface area (Å²) in [6.07, 6.45) is -9.80. The fraction of sp³-hybridized carbons (Fsp3) is 0.286. The lowest BCUT2D eigenvalue weighted by Gasteiger charge is -2.35. The first-order chi connectivity index (χ1) is 18.9. The van der Waals surface area contributed by atoms with Crippen molar-refractivity contribution in [3.63, 3.8) is 0 Å². The third-order valence-corrected chi connectivity index (χ3v) is 7.76. The van der Waals surface area contributed by atoms with Gasteiger partial charge in [0.15, 0.2) is 11.3 Å². The Morgan fingerprint density at radius 1 is 0.550 bits per heavy atom. The Labute approximate surface area is 224 Å². The van der Waals surface area contributed by atoms with Gasteiger partial charge in [-0.1, -0.05) is 48.5 Å². The molecule has 4 aromatic carbocycles. The highest BCUT2D eigenvalue weighted by atomic mass is 19.4. The van der Waals surface area contributed by atoms with Crippen molar-refractivity contribution in [3.8, 4) is 22.6 Å². The molecule has 6 nitrogen and oxygen atoms in total. The molecule has 2 aliphatic heterocycles. The van der Waals surface area contributed by atoms with Crippen LogP contribution in [0.25, 0.3) is 32.7 Å². The summed E-state index contributed by atoms with van der Waals surface area (Å²) in [6, 6.07) is 15.0. The van der Waals surface area contributed by atoms with E-state index in [1.807, 2.05) is 0 Å². The fourth-order valence-electron chi connectivity index (χ4n) is 5.96. The van der Waals surface area contributed by atoms with Gasteiger partial charge in [-0.15, -0.1) is 0 Å². The second-order valence-corrected chi connectivity index (χ2v) is 9.94. The number of fused-ring (bicyclic) bond motifs is 2. The first-order valence-electron chi connectivity index (χ1n) is 12.6. The number of aromatic hydroxyl groups is 2. The molecule has 0 aliphatic carbocycles. The summed E-state index contributed by atoms with van der Waals surface area (Å²) in [4.78, 5) is 0. The van der Waals surface area contributed by atoms with Crippen molar-refractivity contribution < 1.29 is 36.6 Å². The summed E-state index contributed by atoms with van der Waals surface area (Å²) in [5.74, 6) is -1.63. The molecule has 2 saturated heterocycles. The van der Waals surface area contributed by atoms with Crippen molar-refractivity contribution in [1.82, 2.24) is 21.3 Å². The molecule has 40 heavy (non-hydrogen) atoms. The monoisotopic (exact) mass is 562 g/mol. The van der Waals surface area contributed by atoms with Crippen LogP contribution in [0.15, 0.2) is 60.7 Å². The third kappa shape index (κ3) is 3.66. The molecule has 2 heterocycles. The molecule has 2 aliphatic rings. The largest absolute Gasteiger partial charge is 0.507 e. The molecule has 0 unspecified atom stereocenters. The molecule has 0 aromatic heterocycles. The minimum Gasteiger partial charge on any atom is -0.507 e. The van der Waals surface area contributed by atoms with E-state index in [9.17, 15) is 36.6 Å². The highest BCUT2D eigenvalue weighted by molar-refractivity contribution is 6.10. The van der Waals surface area contributed by atoms with Crippen LogP contribution in [0.3, 0.4) is 0 Å². The number of rotatable bonds is 3. The van der Waals surface area contributed by atoms with Gasteiger partial charge in [0.2, 0.25) is 0 Å². The van der Waals surface area contributed by atoms with Gasteiger partial charge in [-0.2, -0.15) is 26.3 Å². The van der Waals surface area contributed by atoms with Crippen molar-refractivity contribution in [2.24, 2.45) is 0 Å². The van der Waals surface area contributed by atoms with Crippen molar-refractivity contribution in [2.75, 3.05) is 26.2 Å². The van der Waals surface area contributed by atoms with E-state index in [4.69, 9.17) is 0 Å². The number of alkyl halides is 6. The number of benzene rings is 4. The minimum atomic E-state index is -4.90. The van der Waals surface area contributed by atoms with Crippen LogP contribution in [-0.2, 0) is 11.3 Å². The van der Waals surface area contributed by atoms with Crippen LogP contribution in [-0.4, -0.2) is 48.7 Å². The summed E-state index contributed by atoms with van der Waals surface area (Å²) < 4.78 is 87.4. The normalized spacial score (nSPS) is 19.1. The number of phenols is 2. The molecule has 0 spiro atoms. The maximum atomic E-state index is 14.6. The zero-order valence-electron chi connectivity index (χ0n) is 20.8. The molecule has 2 fully saturated rings. The third-order valence-electron chi connectivity index (χ3n) is 7.76. The van der Waals surface area contributed by atoms with E-state index >= 15 is 0 Å². The van der Waals surface area contributed by atoms with E-state index in [2.05, 4.69) is 21.3 Å². The second kappa shape index (κ2) is 8.96. The molecule has 0 radical (unpaired) electrons. The first kappa shape index (κ1) is 26.6. The van der Waals surface area contributed by atoms with E-state index in [0.29, 0.717) is 10.8 Å².